The van der Waals surface area contributed by atoms with Crippen LogP contribution in [-0.2, 0) is 9.59 Å². The first kappa shape index (κ1) is 21.8. The molecule has 32 heavy (non-hydrogen) atoms. The van der Waals surface area contributed by atoms with E-state index < -0.39 is 11.4 Å². The molecule has 2 amide bonds. The number of aliphatic imine (C=N–C) groups is 1. The molecule has 0 unspecified atom stereocenters. The lowest BCUT2D eigenvalue weighted by molar-refractivity contribution is -0.119. The van der Waals surface area contributed by atoms with Crippen molar-refractivity contribution in [3.8, 4) is 6.07 Å². The van der Waals surface area contributed by atoms with Gasteiger partial charge in [0, 0.05) is 0 Å². The molecule has 0 saturated heterocycles. The van der Waals surface area contributed by atoms with Crippen LogP contribution in [0.3, 0.4) is 0 Å². The molecule has 1 heterocycles. The number of amides is 2. The number of nitriles is 1. The van der Waals surface area contributed by atoms with Crippen LogP contribution >= 0.6 is 11.8 Å². The molecule has 2 aromatic carbocycles. The Labute approximate surface area is 189 Å². The highest BCUT2D eigenvalue weighted by molar-refractivity contribution is 8.14. The summed E-state index contributed by atoms with van der Waals surface area (Å²) in [4.78, 5) is 31.5. The number of halogens is 1. The zero-order valence-corrected chi connectivity index (χ0v) is 18.1. The third kappa shape index (κ3) is 4.73. The summed E-state index contributed by atoms with van der Waals surface area (Å²) in [6.07, 6.45) is 4.79. The Kier molecular flexibility index (Phi) is 6.37. The standard InChI is InChI=1S/C24H21FN4O2S/c25-18-8-10-19(11-9-18)29-22(31)20(14-17-6-2-1-3-7-17)27-23(29)32-15-21(30)28-24(16-26)12-4-5-13-24/h1-3,6-11,14H,4-5,12-13,15H2,(H,28,30). The lowest BCUT2D eigenvalue weighted by Crippen LogP contribution is -2.46. The van der Waals surface area contributed by atoms with Crippen molar-refractivity contribution in [3.63, 3.8) is 0 Å². The van der Waals surface area contributed by atoms with Crippen LogP contribution in [0.5, 0.6) is 0 Å². The van der Waals surface area contributed by atoms with Crippen molar-refractivity contribution in [2.24, 2.45) is 4.99 Å². The van der Waals surface area contributed by atoms with Crippen LogP contribution in [0.2, 0.25) is 0 Å². The zero-order valence-electron chi connectivity index (χ0n) is 17.3. The monoisotopic (exact) mass is 448 g/mol. The summed E-state index contributed by atoms with van der Waals surface area (Å²) in [7, 11) is 0. The fourth-order valence-electron chi connectivity index (χ4n) is 3.79. The van der Waals surface area contributed by atoms with E-state index in [1.165, 1.54) is 29.2 Å². The topological polar surface area (TPSA) is 85.6 Å². The molecular weight excluding hydrogens is 427 g/mol. The average Bonchev–Trinajstić information content (AvgIpc) is 3.39. The van der Waals surface area contributed by atoms with Gasteiger partial charge in [-0.15, -0.1) is 0 Å². The molecule has 0 atom stereocenters. The highest BCUT2D eigenvalue weighted by Gasteiger charge is 2.36. The number of thioether (sulfide) groups is 1. The van der Waals surface area contributed by atoms with E-state index in [0.717, 1.165) is 30.2 Å². The zero-order chi connectivity index (χ0) is 22.6. The smallest absolute Gasteiger partial charge is 0.283 e. The van der Waals surface area contributed by atoms with E-state index in [2.05, 4.69) is 16.4 Å². The predicted molar refractivity (Wildman–Crippen MR) is 123 cm³/mol. The summed E-state index contributed by atoms with van der Waals surface area (Å²) in [5.74, 6) is -1.04. The summed E-state index contributed by atoms with van der Waals surface area (Å²) in [5, 5.41) is 12.7. The average molecular weight is 449 g/mol. The largest absolute Gasteiger partial charge is 0.337 e. The molecule has 162 valence electrons. The molecule has 1 fully saturated rings. The fraction of sp³-hybridized carbons (Fsp3) is 0.250. The Morgan fingerprint density at radius 3 is 2.53 bits per heavy atom. The molecule has 0 aromatic heterocycles. The van der Waals surface area contributed by atoms with Crippen LogP contribution in [0.15, 0.2) is 65.3 Å². The maximum atomic E-state index is 13.4. The minimum atomic E-state index is -0.806. The molecule has 0 radical (unpaired) electrons. The maximum Gasteiger partial charge on any atom is 0.283 e. The lowest BCUT2D eigenvalue weighted by Gasteiger charge is -2.22. The Balaban J connectivity index is 1.56. The summed E-state index contributed by atoms with van der Waals surface area (Å²) in [6, 6.07) is 17.1. The second-order valence-electron chi connectivity index (χ2n) is 7.69. The van der Waals surface area contributed by atoms with Crippen LogP contribution in [0, 0.1) is 17.1 Å². The molecule has 2 aromatic rings. The van der Waals surface area contributed by atoms with Gasteiger partial charge in [-0.3, -0.25) is 14.5 Å². The van der Waals surface area contributed by atoms with Crippen molar-refractivity contribution >= 4 is 40.5 Å². The Morgan fingerprint density at radius 2 is 1.88 bits per heavy atom. The van der Waals surface area contributed by atoms with Gasteiger partial charge in [-0.2, -0.15) is 5.26 Å². The van der Waals surface area contributed by atoms with E-state index in [1.54, 1.807) is 6.08 Å². The number of hydrogen-bond acceptors (Lipinski definition) is 5. The van der Waals surface area contributed by atoms with E-state index in [1.807, 2.05) is 30.3 Å². The van der Waals surface area contributed by atoms with E-state index in [0.29, 0.717) is 23.7 Å². The Bertz CT molecular complexity index is 1120. The number of benzene rings is 2. The molecule has 1 aliphatic carbocycles. The molecule has 4 rings (SSSR count). The van der Waals surface area contributed by atoms with Crippen molar-refractivity contribution in [1.29, 1.82) is 5.26 Å². The second kappa shape index (κ2) is 9.37. The third-order valence-corrected chi connectivity index (χ3v) is 6.34. The first-order valence-corrected chi connectivity index (χ1v) is 11.3. The maximum absolute atomic E-state index is 13.4. The quantitative estimate of drug-likeness (QED) is 0.693. The van der Waals surface area contributed by atoms with Gasteiger partial charge < -0.3 is 5.32 Å². The molecule has 1 aliphatic heterocycles. The fourth-order valence-corrected chi connectivity index (χ4v) is 4.61. The molecule has 0 spiro atoms. The SMILES string of the molecule is N#CC1(NC(=O)CSC2=NC(=Cc3ccccc3)C(=O)N2c2ccc(F)cc2)CCCC1. The molecule has 6 nitrogen and oxygen atoms in total. The summed E-state index contributed by atoms with van der Waals surface area (Å²) >= 11 is 1.11. The molecule has 1 saturated carbocycles. The third-order valence-electron chi connectivity index (χ3n) is 5.40. The van der Waals surface area contributed by atoms with Gasteiger partial charge in [0.05, 0.1) is 17.5 Å². The van der Waals surface area contributed by atoms with Crippen molar-refractivity contribution in [2.45, 2.75) is 31.2 Å². The summed E-state index contributed by atoms with van der Waals surface area (Å²) < 4.78 is 13.4. The van der Waals surface area contributed by atoms with Crippen LogP contribution in [0.25, 0.3) is 6.08 Å². The normalized spacial score (nSPS) is 18.5. The van der Waals surface area contributed by atoms with Gasteiger partial charge in [0.15, 0.2) is 5.17 Å². The number of amidine groups is 1. The molecule has 2 aliphatic rings. The number of nitrogens with one attached hydrogen (secondary N) is 1. The van der Waals surface area contributed by atoms with Gasteiger partial charge in [-0.1, -0.05) is 42.1 Å². The van der Waals surface area contributed by atoms with Crippen molar-refractivity contribution in [2.75, 3.05) is 10.7 Å². The minimum absolute atomic E-state index is 0.00581. The molecule has 8 heteroatoms. The minimum Gasteiger partial charge on any atom is -0.337 e. The number of nitrogens with zero attached hydrogens (tertiary/aromatic N) is 3. The first-order valence-electron chi connectivity index (χ1n) is 10.3. The molecule has 0 bridgehead atoms. The second-order valence-corrected chi connectivity index (χ2v) is 8.63. The Morgan fingerprint density at radius 1 is 1.19 bits per heavy atom. The molecular formula is C24H21FN4O2S. The van der Waals surface area contributed by atoms with Gasteiger partial charge in [0.1, 0.15) is 17.1 Å². The predicted octanol–water partition coefficient (Wildman–Crippen LogP) is 4.26. The van der Waals surface area contributed by atoms with Gasteiger partial charge in [0.2, 0.25) is 5.91 Å². The van der Waals surface area contributed by atoms with Crippen molar-refractivity contribution in [1.82, 2.24) is 5.32 Å². The van der Waals surface area contributed by atoms with E-state index in [-0.39, 0.29) is 23.3 Å². The van der Waals surface area contributed by atoms with Gasteiger partial charge in [0.25, 0.3) is 5.91 Å². The summed E-state index contributed by atoms with van der Waals surface area (Å²) in [6.45, 7) is 0. The first-order chi connectivity index (χ1) is 15.5. The highest BCUT2D eigenvalue weighted by Crippen LogP contribution is 2.31. The van der Waals surface area contributed by atoms with E-state index >= 15 is 0 Å². The summed E-state index contributed by atoms with van der Waals surface area (Å²) in [5.41, 5.74) is 0.705. The lowest BCUT2D eigenvalue weighted by atomic mass is 10.0. The van der Waals surface area contributed by atoms with Gasteiger partial charge in [-0.05, 0) is 61.6 Å². The number of anilines is 1. The van der Waals surface area contributed by atoms with Crippen LogP contribution in [0.4, 0.5) is 10.1 Å². The number of rotatable bonds is 5. The Hall–Kier alpha value is -3.44. The van der Waals surface area contributed by atoms with Gasteiger partial charge in [-0.25, -0.2) is 9.38 Å². The van der Waals surface area contributed by atoms with Crippen molar-refractivity contribution in [3.05, 3.63) is 71.7 Å². The van der Waals surface area contributed by atoms with Crippen LogP contribution in [-0.4, -0.2) is 28.3 Å². The number of hydrogen-bond donors (Lipinski definition) is 1. The van der Waals surface area contributed by atoms with Crippen molar-refractivity contribution < 1.29 is 14.0 Å². The van der Waals surface area contributed by atoms with Crippen LogP contribution in [0.1, 0.15) is 31.2 Å². The van der Waals surface area contributed by atoms with Crippen LogP contribution < -0.4 is 10.2 Å². The number of carbonyl (C=O) groups excluding carboxylic acids is 2. The number of carbonyl (C=O) groups is 2. The van der Waals surface area contributed by atoms with E-state index in [4.69, 9.17) is 0 Å². The highest BCUT2D eigenvalue weighted by atomic mass is 32.2. The van der Waals surface area contributed by atoms with Gasteiger partial charge >= 0.3 is 0 Å². The van der Waals surface area contributed by atoms with E-state index in [9.17, 15) is 19.2 Å². The molecule has 1 N–H and O–H groups in total.